The molecule has 2 atom stereocenters. The molecule has 6 heteroatoms. The smallest absolute Gasteiger partial charge is 0.248 e. The molecule has 2 rings (SSSR count). The monoisotopic (exact) mass is 290 g/mol. The summed E-state index contributed by atoms with van der Waals surface area (Å²) in [7, 11) is 0. The Morgan fingerprint density at radius 2 is 2.05 bits per heavy atom. The van der Waals surface area contributed by atoms with Crippen LogP contribution in [0.2, 0.25) is 0 Å². The summed E-state index contributed by atoms with van der Waals surface area (Å²) in [4.78, 5) is 25.1. The number of nitrogens with zero attached hydrogens (tertiary/aromatic N) is 1. The summed E-state index contributed by atoms with van der Waals surface area (Å²) in [5.41, 5.74) is 12.1. The van der Waals surface area contributed by atoms with Crippen molar-refractivity contribution in [3.05, 3.63) is 29.8 Å². The SMILES string of the molecule is CC(N)C1CCN(CC(=O)Nc2ccc(C(N)=O)cc2)C1. The minimum Gasteiger partial charge on any atom is -0.366 e. The van der Waals surface area contributed by atoms with Crippen molar-refractivity contribution in [1.82, 2.24) is 4.90 Å². The van der Waals surface area contributed by atoms with E-state index in [-0.39, 0.29) is 11.9 Å². The maximum atomic E-state index is 12.0. The molecule has 1 saturated heterocycles. The number of nitrogens with two attached hydrogens (primary N) is 2. The molecule has 0 saturated carbocycles. The Balaban J connectivity index is 1.83. The van der Waals surface area contributed by atoms with Crippen LogP contribution in [-0.4, -0.2) is 42.4 Å². The van der Waals surface area contributed by atoms with Crippen molar-refractivity contribution in [2.24, 2.45) is 17.4 Å². The second-order valence-electron chi connectivity index (χ2n) is 5.63. The Labute approximate surface area is 124 Å². The van der Waals surface area contributed by atoms with Crippen molar-refractivity contribution in [2.45, 2.75) is 19.4 Å². The van der Waals surface area contributed by atoms with Crippen LogP contribution >= 0.6 is 0 Å². The summed E-state index contributed by atoms with van der Waals surface area (Å²) in [6.07, 6.45) is 1.04. The van der Waals surface area contributed by atoms with Crippen LogP contribution in [0.15, 0.2) is 24.3 Å². The minimum atomic E-state index is -0.480. The first-order valence-corrected chi connectivity index (χ1v) is 7.13. The zero-order valence-electron chi connectivity index (χ0n) is 12.2. The van der Waals surface area contributed by atoms with E-state index in [0.717, 1.165) is 19.5 Å². The lowest BCUT2D eigenvalue weighted by molar-refractivity contribution is -0.117. The van der Waals surface area contributed by atoms with Gasteiger partial charge in [0.25, 0.3) is 0 Å². The number of amides is 2. The van der Waals surface area contributed by atoms with E-state index in [1.807, 2.05) is 6.92 Å². The Kier molecular flexibility index (Phi) is 4.93. The Morgan fingerprint density at radius 1 is 1.38 bits per heavy atom. The highest BCUT2D eigenvalue weighted by molar-refractivity contribution is 5.95. The van der Waals surface area contributed by atoms with E-state index in [1.165, 1.54) is 0 Å². The molecule has 0 spiro atoms. The normalized spacial score (nSPS) is 20.2. The van der Waals surface area contributed by atoms with Gasteiger partial charge < -0.3 is 16.8 Å². The molecule has 1 aromatic rings. The molecule has 6 nitrogen and oxygen atoms in total. The fourth-order valence-electron chi connectivity index (χ4n) is 2.56. The van der Waals surface area contributed by atoms with E-state index < -0.39 is 5.91 Å². The van der Waals surface area contributed by atoms with Crippen LogP contribution in [0.4, 0.5) is 5.69 Å². The third-order valence-corrected chi connectivity index (χ3v) is 3.87. The molecule has 0 aromatic heterocycles. The van der Waals surface area contributed by atoms with Crippen LogP contribution in [0.3, 0.4) is 0 Å². The molecule has 114 valence electrons. The number of carbonyl (C=O) groups excluding carboxylic acids is 2. The van der Waals surface area contributed by atoms with E-state index in [4.69, 9.17) is 11.5 Å². The van der Waals surface area contributed by atoms with E-state index in [0.29, 0.717) is 23.7 Å². The highest BCUT2D eigenvalue weighted by Gasteiger charge is 2.26. The van der Waals surface area contributed by atoms with Gasteiger partial charge in [0.05, 0.1) is 6.54 Å². The second-order valence-corrected chi connectivity index (χ2v) is 5.63. The standard InChI is InChI=1S/C15H22N4O2/c1-10(16)12-6-7-19(8-12)9-14(20)18-13-4-2-11(3-5-13)15(17)21/h2-5,10,12H,6-9,16H2,1H3,(H2,17,21)(H,18,20). The average Bonchev–Trinajstić information content (AvgIpc) is 2.87. The van der Waals surface area contributed by atoms with Crippen LogP contribution in [-0.2, 0) is 4.79 Å². The summed E-state index contributed by atoms with van der Waals surface area (Å²) in [6.45, 7) is 4.14. The molecule has 1 fully saturated rings. The summed E-state index contributed by atoms with van der Waals surface area (Å²) in [5.74, 6) is -0.0771. The maximum absolute atomic E-state index is 12.0. The van der Waals surface area contributed by atoms with Crippen molar-refractivity contribution in [1.29, 1.82) is 0 Å². The summed E-state index contributed by atoms with van der Waals surface area (Å²) in [6, 6.07) is 6.71. The van der Waals surface area contributed by atoms with E-state index in [9.17, 15) is 9.59 Å². The van der Waals surface area contributed by atoms with E-state index in [1.54, 1.807) is 24.3 Å². The molecule has 0 radical (unpaired) electrons. The zero-order valence-corrected chi connectivity index (χ0v) is 12.2. The van der Waals surface area contributed by atoms with Crippen molar-refractivity contribution in [2.75, 3.05) is 25.0 Å². The number of benzene rings is 1. The number of anilines is 1. The second kappa shape index (κ2) is 6.69. The van der Waals surface area contributed by atoms with Crippen molar-refractivity contribution in [3.63, 3.8) is 0 Å². The molecule has 0 aliphatic carbocycles. The third-order valence-electron chi connectivity index (χ3n) is 3.87. The lowest BCUT2D eigenvalue weighted by Gasteiger charge is -2.17. The summed E-state index contributed by atoms with van der Waals surface area (Å²) in [5, 5.41) is 2.82. The molecule has 1 heterocycles. The first-order valence-electron chi connectivity index (χ1n) is 7.13. The molecule has 2 unspecified atom stereocenters. The van der Waals surface area contributed by atoms with Crippen molar-refractivity contribution in [3.8, 4) is 0 Å². The van der Waals surface area contributed by atoms with Gasteiger partial charge in [-0.25, -0.2) is 0 Å². The van der Waals surface area contributed by atoms with Gasteiger partial charge in [0, 0.05) is 23.8 Å². The van der Waals surface area contributed by atoms with Gasteiger partial charge >= 0.3 is 0 Å². The van der Waals surface area contributed by atoms with Crippen LogP contribution < -0.4 is 16.8 Å². The van der Waals surface area contributed by atoms with Crippen LogP contribution in [0.1, 0.15) is 23.7 Å². The molecule has 2 amide bonds. The molecule has 1 aliphatic heterocycles. The molecule has 1 aliphatic rings. The van der Waals surface area contributed by atoms with E-state index >= 15 is 0 Å². The lowest BCUT2D eigenvalue weighted by atomic mass is 10.0. The topological polar surface area (TPSA) is 101 Å². The van der Waals surface area contributed by atoms with Gasteiger partial charge in [-0.3, -0.25) is 14.5 Å². The van der Waals surface area contributed by atoms with Crippen LogP contribution in [0, 0.1) is 5.92 Å². The van der Waals surface area contributed by atoms with Gasteiger partial charge in [-0.1, -0.05) is 0 Å². The number of nitrogens with one attached hydrogen (secondary N) is 1. The van der Waals surface area contributed by atoms with Crippen LogP contribution in [0.5, 0.6) is 0 Å². The van der Waals surface area contributed by atoms with Gasteiger partial charge in [-0.2, -0.15) is 0 Å². The maximum Gasteiger partial charge on any atom is 0.248 e. The Hall–Kier alpha value is -1.92. The first-order chi connectivity index (χ1) is 9.95. The Bertz CT molecular complexity index is 513. The third kappa shape index (κ3) is 4.27. The van der Waals surface area contributed by atoms with Crippen molar-refractivity contribution >= 4 is 17.5 Å². The Morgan fingerprint density at radius 3 is 2.57 bits per heavy atom. The number of hydrogen-bond donors (Lipinski definition) is 3. The highest BCUT2D eigenvalue weighted by atomic mass is 16.2. The molecule has 1 aromatic carbocycles. The van der Waals surface area contributed by atoms with Gasteiger partial charge in [0.2, 0.25) is 11.8 Å². The number of hydrogen-bond acceptors (Lipinski definition) is 4. The fourth-order valence-corrected chi connectivity index (χ4v) is 2.56. The molecule has 0 bridgehead atoms. The fraction of sp³-hybridized carbons (Fsp3) is 0.467. The zero-order chi connectivity index (χ0) is 15.4. The minimum absolute atomic E-state index is 0.0628. The van der Waals surface area contributed by atoms with Gasteiger partial charge in [-0.05, 0) is 50.1 Å². The summed E-state index contributed by atoms with van der Waals surface area (Å²) >= 11 is 0. The number of rotatable bonds is 5. The predicted molar refractivity (Wildman–Crippen MR) is 81.8 cm³/mol. The molecule has 5 N–H and O–H groups in total. The molecular weight excluding hydrogens is 268 g/mol. The summed E-state index contributed by atoms with van der Waals surface area (Å²) < 4.78 is 0. The number of carbonyl (C=O) groups is 2. The van der Waals surface area contributed by atoms with Gasteiger partial charge in [0.1, 0.15) is 0 Å². The quantitative estimate of drug-likeness (QED) is 0.730. The van der Waals surface area contributed by atoms with Gasteiger partial charge in [-0.15, -0.1) is 0 Å². The van der Waals surface area contributed by atoms with Crippen LogP contribution in [0.25, 0.3) is 0 Å². The highest BCUT2D eigenvalue weighted by Crippen LogP contribution is 2.18. The average molecular weight is 290 g/mol. The lowest BCUT2D eigenvalue weighted by Crippen LogP contribution is -2.34. The van der Waals surface area contributed by atoms with E-state index in [2.05, 4.69) is 10.2 Å². The predicted octanol–water partition coefficient (Wildman–Crippen LogP) is 0.393. The number of primary amides is 1. The van der Waals surface area contributed by atoms with Gasteiger partial charge in [0.15, 0.2) is 0 Å². The number of likely N-dealkylation sites (tertiary alicyclic amines) is 1. The van der Waals surface area contributed by atoms with Crippen molar-refractivity contribution < 1.29 is 9.59 Å². The largest absolute Gasteiger partial charge is 0.366 e. The first kappa shape index (κ1) is 15.5. The molecular formula is C15H22N4O2. The molecule has 21 heavy (non-hydrogen) atoms.